The largest absolute Gasteiger partial charge is 0.439 e. The minimum absolute atomic E-state index is 0.343. The van der Waals surface area contributed by atoms with Crippen molar-refractivity contribution in [3.8, 4) is 11.6 Å². The van der Waals surface area contributed by atoms with Gasteiger partial charge >= 0.3 is 0 Å². The van der Waals surface area contributed by atoms with Crippen molar-refractivity contribution in [2.75, 3.05) is 0 Å². The molecule has 3 rings (SSSR count). The van der Waals surface area contributed by atoms with E-state index in [4.69, 9.17) is 4.74 Å². The molecule has 1 N–H and O–H groups in total. The van der Waals surface area contributed by atoms with Crippen LogP contribution in [0.1, 0.15) is 24.1 Å². The van der Waals surface area contributed by atoms with Crippen LogP contribution in [0.4, 0.5) is 4.39 Å². The third kappa shape index (κ3) is 3.27. The molecule has 1 heterocycles. The number of halogens is 2. The van der Waals surface area contributed by atoms with Gasteiger partial charge in [0.15, 0.2) is 0 Å². The van der Waals surface area contributed by atoms with E-state index in [0.29, 0.717) is 22.1 Å². The standard InChI is InChI=1S/C15H17BrFN3O/c1-9-12(8-18-10-3-4-10)15(20(2)19-9)21-11-5-6-13(16)14(17)7-11/h5-7,10,18H,3-4,8H2,1-2H3. The van der Waals surface area contributed by atoms with Crippen molar-refractivity contribution >= 4 is 15.9 Å². The molecule has 1 aromatic carbocycles. The Morgan fingerprint density at radius 1 is 1.48 bits per heavy atom. The predicted octanol–water partition coefficient (Wildman–Crippen LogP) is 3.67. The summed E-state index contributed by atoms with van der Waals surface area (Å²) in [6, 6.07) is 5.34. The van der Waals surface area contributed by atoms with Gasteiger partial charge in [-0.05, 0) is 47.8 Å². The number of ether oxygens (including phenoxy) is 1. The first-order valence-electron chi connectivity index (χ1n) is 6.93. The summed E-state index contributed by atoms with van der Waals surface area (Å²) in [7, 11) is 1.83. The second-order valence-electron chi connectivity index (χ2n) is 5.33. The zero-order valence-corrected chi connectivity index (χ0v) is 13.6. The van der Waals surface area contributed by atoms with Crippen molar-refractivity contribution in [3.05, 3.63) is 39.7 Å². The number of nitrogens with zero attached hydrogens (tertiary/aromatic N) is 2. The van der Waals surface area contributed by atoms with Crippen LogP contribution in [0.15, 0.2) is 22.7 Å². The number of hydrogen-bond donors (Lipinski definition) is 1. The lowest BCUT2D eigenvalue weighted by Crippen LogP contribution is -2.16. The summed E-state index contributed by atoms with van der Waals surface area (Å²) in [5.74, 6) is 0.776. The van der Waals surface area contributed by atoms with E-state index in [9.17, 15) is 4.39 Å². The van der Waals surface area contributed by atoms with E-state index in [1.54, 1.807) is 16.8 Å². The molecule has 1 fully saturated rings. The Labute approximate surface area is 131 Å². The Balaban J connectivity index is 1.84. The molecule has 0 saturated heterocycles. The minimum Gasteiger partial charge on any atom is -0.439 e. The van der Waals surface area contributed by atoms with Gasteiger partial charge in [-0.3, -0.25) is 0 Å². The molecule has 0 amide bonds. The van der Waals surface area contributed by atoms with Crippen molar-refractivity contribution in [1.82, 2.24) is 15.1 Å². The lowest BCUT2D eigenvalue weighted by atomic mass is 10.2. The average molecular weight is 354 g/mol. The summed E-state index contributed by atoms with van der Waals surface area (Å²) >= 11 is 3.14. The maximum absolute atomic E-state index is 13.6. The predicted molar refractivity (Wildman–Crippen MR) is 82.0 cm³/mol. The first-order valence-corrected chi connectivity index (χ1v) is 7.72. The highest BCUT2D eigenvalue weighted by atomic mass is 79.9. The van der Waals surface area contributed by atoms with E-state index < -0.39 is 0 Å². The van der Waals surface area contributed by atoms with Crippen molar-refractivity contribution in [1.29, 1.82) is 0 Å². The van der Waals surface area contributed by atoms with Crippen LogP contribution < -0.4 is 10.1 Å². The third-order valence-electron chi connectivity index (χ3n) is 3.54. The summed E-state index contributed by atoms with van der Waals surface area (Å²) in [5, 5.41) is 7.85. The molecule has 0 radical (unpaired) electrons. The second kappa shape index (κ2) is 5.77. The molecular formula is C15H17BrFN3O. The van der Waals surface area contributed by atoms with Crippen LogP contribution in [0.25, 0.3) is 0 Å². The van der Waals surface area contributed by atoms with Gasteiger partial charge in [0.1, 0.15) is 11.6 Å². The Morgan fingerprint density at radius 2 is 2.24 bits per heavy atom. The maximum Gasteiger partial charge on any atom is 0.222 e. The highest BCUT2D eigenvalue weighted by Crippen LogP contribution is 2.30. The molecule has 6 heteroatoms. The first kappa shape index (κ1) is 14.5. The fourth-order valence-corrected chi connectivity index (χ4v) is 2.44. The van der Waals surface area contributed by atoms with E-state index >= 15 is 0 Å². The van der Waals surface area contributed by atoms with Gasteiger partial charge in [-0.25, -0.2) is 9.07 Å². The maximum atomic E-state index is 13.6. The number of aryl methyl sites for hydroxylation is 2. The monoisotopic (exact) mass is 353 g/mol. The van der Waals surface area contributed by atoms with Gasteiger partial charge in [0.2, 0.25) is 5.88 Å². The highest BCUT2D eigenvalue weighted by Gasteiger charge is 2.23. The molecule has 1 saturated carbocycles. The second-order valence-corrected chi connectivity index (χ2v) is 6.18. The number of nitrogens with one attached hydrogen (secondary N) is 1. The molecular weight excluding hydrogens is 337 g/mol. The van der Waals surface area contributed by atoms with Gasteiger partial charge in [0, 0.05) is 25.7 Å². The SMILES string of the molecule is Cc1nn(C)c(Oc2ccc(Br)c(F)c2)c1CNC1CC1. The Hall–Kier alpha value is -1.40. The number of aromatic nitrogens is 2. The van der Waals surface area contributed by atoms with Crippen LogP contribution in [-0.4, -0.2) is 15.8 Å². The average Bonchev–Trinajstić information content (AvgIpc) is 3.21. The molecule has 1 aliphatic rings. The summed E-state index contributed by atoms with van der Waals surface area (Å²) in [6.45, 7) is 2.68. The van der Waals surface area contributed by atoms with Gasteiger partial charge in [-0.15, -0.1) is 0 Å². The van der Waals surface area contributed by atoms with Crippen LogP contribution in [0, 0.1) is 12.7 Å². The topological polar surface area (TPSA) is 39.1 Å². The molecule has 2 aromatic rings. The quantitative estimate of drug-likeness (QED) is 0.891. The third-order valence-corrected chi connectivity index (χ3v) is 4.18. The first-order chi connectivity index (χ1) is 10.0. The van der Waals surface area contributed by atoms with Crippen LogP contribution >= 0.6 is 15.9 Å². The Kier molecular flexibility index (Phi) is 3.99. The zero-order valence-electron chi connectivity index (χ0n) is 12.0. The summed E-state index contributed by atoms with van der Waals surface area (Å²) < 4.78 is 21.6. The molecule has 0 aliphatic heterocycles. The molecule has 0 bridgehead atoms. The summed E-state index contributed by atoms with van der Waals surface area (Å²) in [4.78, 5) is 0. The van der Waals surface area contributed by atoms with Crippen molar-refractivity contribution < 1.29 is 9.13 Å². The molecule has 112 valence electrons. The highest BCUT2D eigenvalue weighted by molar-refractivity contribution is 9.10. The normalized spacial score (nSPS) is 14.5. The van der Waals surface area contributed by atoms with Crippen LogP contribution in [0.2, 0.25) is 0 Å². The van der Waals surface area contributed by atoms with Crippen molar-refractivity contribution in [2.45, 2.75) is 32.4 Å². The Bertz CT molecular complexity index is 667. The number of benzene rings is 1. The number of hydrogen-bond acceptors (Lipinski definition) is 3. The van der Waals surface area contributed by atoms with Crippen LogP contribution in [0.3, 0.4) is 0 Å². The molecule has 1 aliphatic carbocycles. The fraction of sp³-hybridized carbons (Fsp3) is 0.400. The number of rotatable bonds is 5. The minimum atomic E-state index is -0.343. The molecule has 21 heavy (non-hydrogen) atoms. The molecule has 1 aromatic heterocycles. The van der Waals surface area contributed by atoms with Gasteiger partial charge in [-0.2, -0.15) is 5.10 Å². The lowest BCUT2D eigenvalue weighted by molar-refractivity contribution is 0.420. The van der Waals surface area contributed by atoms with E-state index in [2.05, 4.69) is 26.3 Å². The zero-order chi connectivity index (χ0) is 15.0. The van der Waals surface area contributed by atoms with E-state index in [0.717, 1.165) is 17.8 Å². The van der Waals surface area contributed by atoms with Gasteiger partial charge in [0.25, 0.3) is 0 Å². The van der Waals surface area contributed by atoms with E-state index in [-0.39, 0.29) is 5.82 Å². The molecule has 0 unspecified atom stereocenters. The lowest BCUT2D eigenvalue weighted by Gasteiger charge is -2.10. The molecule has 4 nitrogen and oxygen atoms in total. The van der Waals surface area contributed by atoms with E-state index in [1.807, 2.05) is 14.0 Å². The molecule has 0 atom stereocenters. The van der Waals surface area contributed by atoms with Gasteiger partial charge < -0.3 is 10.1 Å². The van der Waals surface area contributed by atoms with E-state index in [1.165, 1.54) is 18.9 Å². The fourth-order valence-electron chi connectivity index (χ4n) is 2.20. The Morgan fingerprint density at radius 3 is 2.90 bits per heavy atom. The van der Waals surface area contributed by atoms with Crippen molar-refractivity contribution in [2.24, 2.45) is 7.05 Å². The summed E-state index contributed by atoms with van der Waals surface area (Å²) in [5.41, 5.74) is 1.95. The van der Waals surface area contributed by atoms with Crippen molar-refractivity contribution in [3.63, 3.8) is 0 Å². The van der Waals surface area contributed by atoms with Crippen LogP contribution in [0.5, 0.6) is 11.6 Å². The molecule has 0 spiro atoms. The van der Waals surface area contributed by atoms with Crippen LogP contribution in [-0.2, 0) is 13.6 Å². The van der Waals surface area contributed by atoms with Gasteiger partial charge in [0.05, 0.1) is 15.7 Å². The summed E-state index contributed by atoms with van der Waals surface area (Å²) in [6.07, 6.45) is 2.46. The van der Waals surface area contributed by atoms with Gasteiger partial charge in [-0.1, -0.05) is 0 Å². The smallest absolute Gasteiger partial charge is 0.222 e.